The molecular weight excluding hydrogens is 266 g/mol. The number of esters is 1. The van der Waals surface area contributed by atoms with Crippen LogP contribution in [0.5, 0.6) is 0 Å². The minimum Gasteiger partial charge on any atom is -0.461 e. The van der Waals surface area contributed by atoms with Gasteiger partial charge in [0.15, 0.2) is 0 Å². The molecule has 1 aromatic rings. The molecule has 0 aliphatic heterocycles. The molecule has 0 atom stereocenters. The number of ether oxygens (including phenoxy) is 1. The van der Waals surface area contributed by atoms with Crippen LogP contribution < -0.4 is 0 Å². The average molecular weight is 280 g/mol. The van der Waals surface area contributed by atoms with Crippen molar-refractivity contribution in [3.8, 4) is 0 Å². The first-order chi connectivity index (χ1) is 7.90. The molecule has 0 aliphatic carbocycles. The number of aryl methyl sites for hydroxylation is 1. The van der Waals surface area contributed by atoms with Crippen molar-refractivity contribution in [1.29, 1.82) is 0 Å². The summed E-state index contributed by atoms with van der Waals surface area (Å²) in [6.07, 6.45) is 2.03. The van der Waals surface area contributed by atoms with E-state index in [-0.39, 0.29) is 10.6 Å². The Labute approximate surface area is 105 Å². The van der Waals surface area contributed by atoms with Crippen LogP contribution in [0, 0.1) is 0 Å². The number of hydrogen-bond acceptors (Lipinski definition) is 4. The van der Waals surface area contributed by atoms with E-state index in [4.69, 9.17) is 15.4 Å². The third kappa shape index (κ3) is 3.47. The zero-order valence-electron chi connectivity index (χ0n) is 9.64. The SMILES string of the molecule is CCCOC(=O)c1cc(S(=O)(=O)Cl)cn1CC. The second-order valence-corrected chi connectivity index (χ2v) is 5.99. The third-order valence-corrected chi connectivity index (χ3v) is 3.46. The molecule has 0 aromatic carbocycles. The quantitative estimate of drug-likeness (QED) is 0.611. The molecule has 0 saturated carbocycles. The van der Waals surface area contributed by atoms with Crippen molar-refractivity contribution in [2.24, 2.45) is 0 Å². The zero-order valence-corrected chi connectivity index (χ0v) is 11.2. The molecule has 0 saturated heterocycles. The normalized spacial score (nSPS) is 11.5. The molecule has 1 aromatic heterocycles. The van der Waals surface area contributed by atoms with E-state index in [0.717, 1.165) is 0 Å². The Bertz CT molecular complexity index is 506. The number of rotatable bonds is 5. The molecule has 17 heavy (non-hydrogen) atoms. The summed E-state index contributed by atoms with van der Waals surface area (Å²) in [5, 5.41) is 0. The molecule has 1 rings (SSSR count). The molecular formula is C10H14ClNO4S. The van der Waals surface area contributed by atoms with Gasteiger partial charge >= 0.3 is 5.97 Å². The fourth-order valence-corrected chi connectivity index (χ4v) is 2.08. The lowest BCUT2D eigenvalue weighted by Crippen LogP contribution is -2.11. The Morgan fingerprint density at radius 1 is 1.47 bits per heavy atom. The van der Waals surface area contributed by atoms with Gasteiger partial charge in [-0.1, -0.05) is 6.92 Å². The van der Waals surface area contributed by atoms with E-state index in [1.165, 1.54) is 16.8 Å². The maximum absolute atomic E-state index is 11.6. The van der Waals surface area contributed by atoms with Crippen LogP contribution in [0.1, 0.15) is 30.8 Å². The Balaban J connectivity index is 3.07. The summed E-state index contributed by atoms with van der Waals surface area (Å²) in [4.78, 5) is 11.5. The monoisotopic (exact) mass is 279 g/mol. The molecule has 0 N–H and O–H groups in total. The van der Waals surface area contributed by atoms with E-state index in [1.54, 1.807) is 6.92 Å². The summed E-state index contributed by atoms with van der Waals surface area (Å²) < 4.78 is 28.7. The van der Waals surface area contributed by atoms with Gasteiger partial charge < -0.3 is 9.30 Å². The first kappa shape index (κ1) is 14.1. The second-order valence-electron chi connectivity index (χ2n) is 3.42. The second kappa shape index (κ2) is 5.55. The molecule has 5 nitrogen and oxygen atoms in total. The van der Waals surface area contributed by atoms with Gasteiger partial charge in [0.05, 0.1) is 6.61 Å². The van der Waals surface area contributed by atoms with Gasteiger partial charge in [-0.15, -0.1) is 0 Å². The number of carbonyl (C=O) groups is 1. The number of hydrogen-bond donors (Lipinski definition) is 0. The van der Waals surface area contributed by atoms with Crippen LogP contribution in [0.2, 0.25) is 0 Å². The fraction of sp³-hybridized carbons (Fsp3) is 0.500. The standard InChI is InChI=1S/C10H14ClNO4S/c1-3-5-16-10(13)9-6-8(17(11,14)15)7-12(9)4-2/h6-7H,3-5H2,1-2H3. The lowest BCUT2D eigenvalue weighted by Gasteiger charge is -2.05. The van der Waals surface area contributed by atoms with Crippen LogP contribution in [0.3, 0.4) is 0 Å². The third-order valence-electron chi connectivity index (χ3n) is 2.14. The summed E-state index contributed by atoms with van der Waals surface area (Å²) in [6, 6.07) is 1.23. The molecule has 0 spiro atoms. The van der Waals surface area contributed by atoms with Crippen molar-refractivity contribution in [2.45, 2.75) is 31.7 Å². The van der Waals surface area contributed by atoms with E-state index >= 15 is 0 Å². The summed E-state index contributed by atoms with van der Waals surface area (Å²) in [5.74, 6) is -0.541. The molecule has 0 radical (unpaired) electrons. The van der Waals surface area contributed by atoms with Gasteiger partial charge in [0.2, 0.25) is 0 Å². The van der Waals surface area contributed by atoms with E-state index in [1.807, 2.05) is 6.92 Å². The lowest BCUT2D eigenvalue weighted by molar-refractivity contribution is 0.0492. The van der Waals surface area contributed by atoms with Crippen LogP contribution in [-0.2, 0) is 20.3 Å². The van der Waals surface area contributed by atoms with Crippen LogP contribution in [-0.4, -0.2) is 25.6 Å². The smallest absolute Gasteiger partial charge is 0.354 e. The molecule has 0 amide bonds. The number of halogens is 1. The summed E-state index contributed by atoms with van der Waals surface area (Å²) in [6.45, 7) is 4.43. The van der Waals surface area contributed by atoms with Crippen molar-refractivity contribution in [2.75, 3.05) is 6.61 Å². The summed E-state index contributed by atoms with van der Waals surface area (Å²) >= 11 is 0. The van der Waals surface area contributed by atoms with E-state index in [9.17, 15) is 13.2 Å². The average Bonchev–Trinajstić information content (AvgIpc) is 2.69. The summed E-state index contributed by atoms with van der Waals surface area (Å²) in [5.41, 5.74) is 0.195. The maximum Gasteiger partial charge on any atom is 0.354 e. The molecule has 7 heteroatoms. The van der Waals surface area contributed by atoms with Gasteiger partial charge in [0.25, 0.3) is 9.05 Å². The van der Waals surface area contributed by atoms with Crippen LogP contribution in [0.25, 0.3) is 0 Å². The van der Waals surface area contributed by atoms with Crippen molar-refractivity contribution in [3.05, 3.63) is 18.0 Å². The van der Waals surface area contributed by atoms with Crippen molar-refractivity contribution < 1.29 is 17.9 Å². The van der Waals surface area contributed by atoms with Gasteiger partial charge in [-0.05, 0) is 19.4 Å². The molecule has 0 aliphatic rings. The van der Waals surface area contributed by atoms with Gasteiger partial charge in [0, 0.05) is 23.4 Å². The maximum atomic E-state index is 11.6. The highest BCUT2D eigenvalue weighted by molar-refractivity contribution is 8.13. The van der Waals surface area contributed by atoms with E-state index in [0.29, 0.717) is 19.6 Å². The van der Waals surface area contributed by atoms with Crippen LogP contribution >= 0.6 is 10.7 Å². The highest BCUT2D eigenvalue weighted by Gasteiger charge is 2.20. The van der Waals surface area contributed by atoms with Crippen molar-refractivity contribution in [1.82, 2.24) is 4.57 Å². The number of carbonyl (C=O) groups excluding carboxylic acids is 1. The molecule has 0 bridgehead atoms. The van der Waals surface area contributed by atoms with Gasteiger partial charge in [-0.2, -0.15) is 0 Å². The zero-order chi connectivity index (χ0) is 13.1. The Morgan fingerprint density at radius 2 is 2.12 bits per heavy atom. The molecule has 0 unspecified atom stereocenters. The van der Waals surface area contributed by atoms with Gasteiger partial charge in [-0.3, -0.25) is 0 Å². The first-order valence-electron chi connectivity index (χ1n) is 5.22. The summed E-state index contributed by atoms with van der Waals surface area (Å²) in [7, 11) is 1.39. The van der Waals surface area contributed by atoms with Gasteiger partial charge in [-0.25, -0.2) is 13.2 Å². The molecule has 96 valence electrons. The first-order valence-corrected chi connectivity index (χ1v) is 7.53. The van der Waals surface area contributed by atoms with E-state index in [2.05, 4.69) is 0 Å². The number of aromatic nitrogens is 1. The van der Waals surface area contributed by atoms with Gasteiger partial charge in [0.1, 0.15) is 10.6 Å². The Kier molecular flexibility index (Phi) is 4.59. The predicted molar refractivity (Wildman–Crippen MR) is 63.7 cm³/mol. The van der Waals surface area contributed by atoms with E-state index < -0.39 is 15.0 Å². The van der Waals surface area contributed by atoms with Crippen molar-refractivity contribution >= 4 is 25.7 Å². The Hall–Kier alpha value is -1.01. The number of nitrogens with zero attached hydrogens (tertiary/aromatic N) is 1. The molecule has 0 fully saturated rings. The predicted octanol–water partition coefficient (Wildman–Crippen LogP) is 2.00. The lowest BCUT2D eigenvalue weighted by atomic mass is 10.4. The topological polar surface area (TPSA) is 65.4 Å². The highest BCUT2D eigenvalue weighted by Crippen LogP contribution is 2.19. The Morgan fingerprint density at radius 3 is 2.59 bits per heavy atom. The minimum absolute atomic E-state index is 0.0931. The van der Waals surface area contributed by atoms with Crippen LogP contribution in [0.4, 0.5) is 0 Å². The largest absolute Gasteiger partial charge is 0.461 e. The molecule has 1 heterocycles. The highest BCUT2D eigenvalue weighted by atomic mass is 35.7. The minimum atomic E-state index is -3.82. The van der Waals surface area contributed by atoms with Crippen molar-refractivity contribution in [3.63, 3.8) is 0 Å². The van der Waals surface area contributed by atoms with Crippen LogP contribution in [0.15, 0.2) is 17.2 Å². The fourth-order valence-electron chi connectivity index (χ4n) is 1.32.